The van der Waals surface area contributed by atoms with Crippen molar-refractivity contribution in [3.05, 3.63) is 53.3 Å². The van der Waals surface area contributed by atoms with Gasteiger partial charge in [0.15, 0.2) is 0 Å². The second kappa shape index (κ2) is 8.57. The molecule has 0 aliphatic heterocycles. The molecule has 3 rings (SSSR count). The lowest BCUT2D eigenvalue weighted by Crippen LogP contribution is -2.28. The Morgan fingerprint density at radius 3 is 2.79 bits per heavy atom. The lowest BCUT2D eigenvalue weighted by Gasteiger charge is -2.09. The van der Waals surface area contributed by atoms with Crippen LogP contribution in [0, 0.1) is 6.92 Å². The molecule has 1 amide bonds. The Labute approximate surface area is 165 Å². The van der Waals surface area contributed by atoms with Crippen LogP contribution < -0.4 is 10.6 Å². The van der Waals surface area contributed by atoms with Gasteiger partial charge in [0.25, 0.3) is 0 Å². The molecule has 0 saturated carbocycles. The van der Waals surface area contributed by atoms with Crippen LogP contribution >= 0.6 is 11.3 Å². The highest BCUT2D eigenvalue weighted by Crippen LogP contribution is 2.29. The first-order valence-corrected chi connectivity index (χ1v) is 9.36. The number of carbonyl (C=O) groups is 2. The fraction of sp³-hybridized carbons (Fsp3) is 0.211. The Hall–Kier alpha value is -3.33. The average molecular weight is 397 g/mol. The van der Waals surface area contributed by atoms with Crippen LogP contribution in [-0.2, 0) is 9.59 Å². The SMILES string of the molecule is Cc1ccnc(Nc2cccc(-c3cnc([C@H](C)NC(=O)CC(=O)O)s3)n2)c1. The van der Waals surface area contributed by atoms with Gasteiger partial charge in [0.05, 0.1) is 16.6 Å². The first kappa shape index (κ1) is 19.4. The number of carbonyl (C=O) groups excluding carboxylic acids is 1. The standard InChI is InChI=1S/C19H19N5O3S/c1-11-6-7-20-16(8-11)24-15-5-3-4-13(23-15)14-10-21-19(28-14)12(2)22-17(25)9-18(26)27/h3-8,10,12H,9H2,1-2H3,(H,22,25)(H,26,27)(H,20,23,24)/t12-/m0/s1. The zero-order chi connectivity index (χ0) is 20.1. The minimum absolute atomic E-state index is 0.386. The van der Waals surface area contributed by atoms with Crippen LogP contribution in [0.1, 0.15) is 30.0 Å². The number of aromatic nitrogens is 3. The van der Waals surface area contributed by atoms with E-state index in [1.165, 1.54) is 11.3 Å². The Balaban J connectivity index is 1.72. The van der Waals surface area contributed by atoms with Gasteiger partial charge in [-0.15, -0.1) is 11.3 Å². The number of rotatable bonds is 7. The van der Waals surface area contributed by atoms with Crippen LogP contribution in [0.3, 0.4) is 0 Å². The summed E-state index contributed by atoms with van der Waals surface area (Å²) in [5.74, 6) is -0.342. The third kappa shape index (κ3) is 5.10. The molecular formula is C19H19N5O3S. The maximum atomic E-state index is 11.6. The predicted molar refractivity (Wildman–Crippen MR) is 106 cm³/mol. The van der Waals surface area contributed by atoms with Crippen LogP contribution in [0.25, 0.3) is 10.6 Å². The minimum Gasteiger partial charge on any atom is -0.481 e. The first-order chi connectivity index (χ1) is 13.4. The number of pyridine rings is 2. The van der Waals surface area contributed by atoms with Crippen LogP contribution in [0.5, 0.6) is 0 Å². The van der Waals surface area contributed by atoms with E-state index in [9.17, 15) is 9.59 Å². The molecule has 3 aromatic heterocycles. The molecule has 9 heteroatoms. The highest BCUT2D eigenvalue weighted by Gasteiger charge is 2.16. The minimum atomic E-state index is -1.17. The summed E-state index contributed by atoms with van der Waals surface area (Å²) in [6.07, 6.45) is 2.86. The molecule has 0 aliphatic rings. The first-order valence-electron chi connectivity index (χ1n) is 8.54. The highest BCUT2D eigenvalue weighted by atomic mass is 32.1. The number of aryl methyl sites for hydroxylation is 1. The number of nitrogens with one attached hydrogen (secondary N) is 2. The molecule has 0 aromatic carbocycles. The molecular weight excluding hydrogens is 378 g/mol. The zero-order valence-corrected chi connectivity index (χ0v) is 16.2. The van der Waals surface area contributed by atoms with Gasteiger partial charge in [-0.2, -0.15) is 0 Å². The number of anilines is 2. The van der Waals surface area contributed by atoms with E-state index in [-0.39, 0.29) is 6.04 Å². The summed E-state index contributed by atoms with van der Waals surface area (Å²) >= 11 is 1.39. The molecule has 0 bridgehead atoms. The summed E-state index contributed by atoms with van der Waals surface area (Å²) in [4.78, 5) is 36.3. The van der Waals surface area contributed by atoms with Crippen LogP contribution in [-0.4, -0.2) is 31.9 Å². The molecule has 8 nitrogen and oxygen atoms in total. The van der Waals surface area contributed by atoms with Crippen molar-refractivity contribution in [3.8, 4) is 10.6 Å². The molecule has 0 aliphatic carbocycles. The maximum absolute atomic E-state index is 11.6. The second-order valence-corrected chi connectivity index (χ2v) is 7.24. The van der Waals surface area contributed by atoms with E-state index in [0.717, 1.165) is 16.1 Å². The van der Waals surface area contributed by atoms with Gasteiger partial charge in [-0.05, 0) is 43.7 Å². The van der Waals surface area contributed by atoms with Gasteiger partial charge in [0, 0.05) is 12.4 Å². The van der Waals surface area contributed by atoms with Crippen molar-refractivity contribution < 1.29 is 14.7 Å². The number of nitrogens with zero attached hydrogens (tertiary/aromatic N) is 3. The number of amides is 1. The van der Waals surface area contributed by atoms with Crippen LogP contribution in [0.4, 0.5) is 11.6 Å². The van der Waals surface area contributed by atoms with Crippen molar-refractivity contribution in [1.82, 2.24) is 20.3 Å². The molecule has 144 valence electrons. The van der Waals surface area contributed by atoms with Crippen molar-refractivity contribution >= 4 is 34.8 Å². The highest BCUT2D eigenvalue weighted by molar-refractivity contribution is 7.15. The molecule has 0 radical (unpaired) electrons. The molecule has 0 saturated heterocycles. The molecule has 28 heavy (non-hydrogen) atoms. The normalized spacial score (nSPS) is 11.6. The summed E-state index contributed by atoms with van der Waals surface area (Å²) in [7, 11) is 0. The van der Waals surface area contributed by atoms with E-state index >= 15 is 0 Å². The Bertz CT molecular complexity index is 1000. The third-order valence-electron chi connectivity index (χ3n) is 3.76. The predicted octanol–water partition coefficient (Wildman–Crippen LogP) is 3.30. The zero-order valence-electron chi connectivity index (χ0n) is 15.3. The van der Waals surface area contributed by atoms with Gasteiger partial charge in [-0.25, -0.2) is 15.0 Å². The fourth-order valence-corrected chi connectivity index (χ4v) is 3.37. The van der Waals surface area contributed by atoms with Gasteiger partial charge in [-0.3, -0.25) is 9.59 Å². The third-order valence-corrected chi connectivity index (χ3v) is 4.96. The van der Waals surface area contributed by atoms with Crippen molar-refractivity contribution in [2.75, 3.05) is 5.32 Å². The van der Waals surface area contributed by atoms with E-state index in [1.807, 2.05) is 37.3 Å². The molecule has 0 fully saturated rings. The number of aliphatic carboxylic acids is 1. The topological polar surface area (TPSA) is 117 Å². The Morgan fingerprint density at radius 2 is 2.04 bits per heavy atom. The van der Waals surface area contributed by atoms with Crippen molar-refractivity contribution in [2.45, 2.75) is 26.3 Å². The molecule has 1 atom stereocenters. The quantitative estimate of drug-likeness (QED) is 0.524. The van der Waals surface area contributed by atoms with Gasteiger partial charge in [0.1, 0.15) is 23.1 Å². The summed E-state index contributed by atoms with van der Waals surface area (Å²) in [6, 6.07) is 9.08. The number of thiazole rings is 1. The largest absolute Gasteiger partial charge is 0.481 e. The Morgan fingerprint density at radius 1 is 1.21 bits per heavy atom. The van der Waals surface area contributed by atoms with Crippen LogP contribution in [0.15, 0.2) is 42.7 Å². The maximum Gasteiger partial charge on any atom is 0.312 e. The molecule has 3 N–H and O–H groups in total. The van der Waals surface area contributed by atoms with Gasteiger partial charge >= 0.3 is 5.97 Å². The van der Waals surface area contributed by atoms with Crippen molar-refractivity contribution in [1.29, 1.82) is 0 Å². The number of hydrogen-bond donors (Lipinski definition) is 3. The van der Waals surface area contributed by atoms with E-state index in [4.69, 9.17) is 5.11 Å². The van der Waals surface area contributed by atoms with Crippen LogP contribution in [0.2, 0.25) is 0 Å². The van der Waals surface area contributed by atoms with E-state index in [2.05, 4.69) is 25.6 Å². The molecule has 3 heterocycles. The average Bonchev–Trinajstić information content (AvgIpc) is 3.11. The van der Waals surface area contributed by atoms with Crippen molar-refractivity contribution in [2.24, 2.45) is 0 Å². The summed E-state index contributed by atoms with van der Waals surface area (Å²) in [5, 5.41) is 15.2. The van der Waals surface area contributed by atoms with Gasteiger partial charge < -0.3 is 15.7 Å². The second-order valence-electron chi connectivity index (χ2n) is 6.17. The summed E-state index contributed by atoms with van der Waals surface area (Å²) < 4.78 is 0. The number of carboxylic acid groups (broad SMARTS) is 1. The number of carboxylic acids is 1. The number of hydrogen-bond acceptors (Lipinski definition) is 7. The van der Waals surface area contributed by atoms with Gasteiger partial charge in [0.2, 0.25) is 5.91 Å². The van der Waals surface area contributed by atoms with Crippen molar-refractivity contribution in [3.63, 3.8) is 0 Å². The van der Waals surface area contributed by atoms with E-state index in [0.29, 0.717) is 16.6 Å². The van der Waals surface area contributed by atoms with E-state index in [1.54, 1.807) is 19.3 Å². The smallest absolute Gasteiger partial charge is 0.312 e. The lowest BCUT2D eigenvalue weighted by molar-refractivity contribution is -0.140. The monoisotopic (exact) mass is 397 g/mol. The molecule has 3 aromatic rings. The van der Waals surface area contributed by atoms with Gasteiger partial charge in [-0.1, -0.05) is 6.07 Å². The Kier molecular flexibility index (Phi) is 5.95. The molecule has 0 spiro atoms. The summed E-state index contributed by atoms with van der Waals surface area (Å²) in [6.45, 7) is 3.75. The lowest BCUT2D eigenvalue weighted by atomic mass is 10.3. The van der Waals surface area contributed by atoms with E-state index < -0.39 is 18.3 Å². The molecule has 0 unspecified atom stereocenters. The summed E-state index contributed by atoms with van der Waals surface area (Å²) in [5.41, 5.74) is 1.84. The fourth-order valence-electron chi connectivity index (χ4n) is 2.48.